The number of nitrogens with zero attached hydrogens (tertiary/aromatic N) is 3. The summed E-state index contributed by atoms with van der Waals surface area (Å²) >= 11 is 0. The number of aromatic amines is 1. The van der Waals surface area contributed by atoms with E-state index in [1.165, 1.54) is 35.8 Å². The first-order valence-electron chi connectivity index (χ1n) is 13.2. The molecule has 1 amide bonds. The van der Waals surface area contributed by atoms with E-state index in [1.54, 1.807) is 0 Å². The number of aromatic nitrogens is 2. The normalized spacial score (nSPS) is 13.0. The number of carbonyl (C=O) groups is 1. The zero-order valence-corrected chi connectivity index (χ0v) is 22.9. The molecule has 39 heavy (non-hydrogen) atoms. The first kappa shape index (κ1) is 29.0. The predicted octanol–water partition coefficient (Wildman–Crippen LogP) is 4.70. The lowest BCUT2D eigenvalue weighted by molar-refractivity contribution is 0.0824. The van der Waals surface area contributed by atoms with Crippen LogP contribution in [0.15, 0.2) is 52.1 Å². The zero-order chi connectivity index (χ0) is 28.5. The zero-order valence-electron chi connectivity index (χ0n) is 22.9. The molecule has 4 N–H and O–H groups in total. The lowest BCUT2D eigenvalue weighted by Gasteiger charge is -2.25. The Labute approximate surface area is 227 Å². The first-order chi connectivity index (χ1) is 18.8. The molecule has 4 rings (SSSR count). The van der Waals surface area contributed by atoms with Crippen LogP contribution in [-0.4, -0.2) is 39.8 Å². The molecule has 0 radical (unpaired) electrons. The number of phenolic OH excluding ortho intramolecular Hbond substituents is 1. The number of carbonyl (C=O) groups excluding carboxylic acids is 1. The number of H-pyrrole nitrogens is 1. The second-order valence-corrected chi connectivity index (χ2v) is 9.35. The van der Waals surface area contributed by atoms with Crippen LogP contribution in [0, 0.1) is 11.3 Å². The highest BCUT2D eigenvalue weighted by molar-refractivity contribution is 5.99. The van der Waals surface area contributed by atoms with Crippen LogP contribution in [0.25, 0.3) is 0 Å². The monoisotopic (exact) mass is 532 g/mol. The number of rotatable bonds is 7. The van der Waals surface area contributed by atoms with Crippen LogP contribution >= 0.6 is 0 Å². The molecule has 0 aliphatic heterocycles. The Kier molecular flexibility index (Phi) is 9.92. The summed E-state index contributed by atoms with van der Waals surface area (Å²) < 4.78 is 1.36. The molecule has 10 nitrogen and oxygen atoms in total. The van der Waals surface area contributed by atoms with Crippen molar-refractivity contribution in [2.75, 3.05) is 24.7 Å². The molecule has 1 heterocycles. The third-order valence-corrected chi connectivity index (χ3v) is 6.52. The molecule has 1 fully saturated rings. The third kappa shape index (κ3) is 6.68. The van der Waals surface area contributed by atoms with Crippen LogP contribution in [0.2, 0.25) is 0 Å². The third-order valence-electron chi connectivity index (χ3n) is 6.52. The van der Waals surface area contributed by atoms with Crippen LogP contribution in [0.5, 0.6) is 5.75 Å². The molecule has 2 aromatic carbocycles. The molecule has 0 atom stereocenters. The Morgan fingerprint density at radius 1 is 1.10 bits per heavy atom. The summed E-state index contributed by atoms with van der Waals surface area (Å²) in [6.07, 6.45) is 4.52. The maximum absolute atomic E-state index is 13.7. The number of phenols is 1. The summed E-state index contributed by atoms with van der Waals surface area (Å²) in [5, 5.41) is 29.1. The number of nitriles is 1. The fourth-order valence-corrected chi connectivity index (χ4v) is 4.56. The molecule has 1 aliphatic carbocycles. The van der Waals surface area contributed by atoms with Crippen molar-refractivity contribution in [3.05, 3.63) is 79.9 Å². The van der Waals surface area contributed by atoms with E-state index in [1.807, 2.05) is 50.2 Å². The van der Waals surface area contributed by atoms with Crippen molar-refractivity contribution in [1.82, 2.24) is 14.7 Å². The molecule has 3 aromatic rings. The fraction of sp³-hybridized carbons (Fsp3) is 0.379. The van der Waals surface area contributed by atoms with E-state index in [2.05, 4.69) is 15.7 Å². The Hall–Kier alpha value is -4.52. The van der Waals surface area contributed by atoms with Gasteiger partial charge in [-0.1, -0.05) is 63.4 Å². The second kappa shape index (κ2) is 13.3. The quantitative estimate of drug-likeness (QED) is 0.323. The van der Waals surface area contributed by atoms with Crippen molar-refractivity contribution in [2.45, 2.75) is 58.5 Å². The van der Waals surface area contributed by atoms with E-state index in [0.717, 1.165) is 37.7 Å². The van der Waals surface area contributed by atoms with Crippen LogP contribution in [0.1, 0.15) is 73.5 Å². The minimum absolute atomic E-state index is 0.00293. The van der Waals surface area contributed by atoms with Crippen LogP contribution in [-0.2, 0) is 6.54 Å². The van der Waals surface area contributed by atoms with Gasteiger partial charge in [-0.3, -0.25) is 19.5 Å². The lowest BCUT2D eigenvalue weighted by Crippen LogP contribution is -2.36. The number of hydrogen-bond acceptors (Lipinski definition) is 7. The molecule has 10 heteroatoms. The van der Waals surface area contributed by atoms with Crippen molar-refractivity contribution in [3.63, 3.8) is 0 Å². The topological polar surface area (TPSA) is 143 Å². The standard InChI is InChI=1S/C27H30N6O4.C2H6/c1-32(2)26(36)20-13-18(15-28)14-21(24(20)34)30-23-22(29-16-17-9-5-3-6-10-17)25(35)31-33(27(23)37)19-11-7-4-8-12-19;1-2/h3,5-6,9-10,13-14,19,29-30,34H,4,7-8,11-12,16H2,1-2H3,(H,31,35);1-2H3. The van der Waals surface area contributed by atoms with Gasteiger partial charge in [0.15, 0.2) is 5.75 Å². The highest BCUT2D eigenvalue weighted by Crippen LogP contribution is 2.34. The largest absolute Gasteiger partial charge is 0.505 e. The number of anilines is 3. The molecule has 1 saturated carbocycles. The molecular formula is C29H36N6O4. The number of amides is 1. The SMILES string of the molecule is CC.CN(C)C(=O)c1cc(C#N)cc(Nc2c(NCc3ccccc3)c(=O)[nH]n(C3CCCCC3)c2=O)c1O. The summed E-state index contributed by atoms with van der Waals surface area (Å²) in [7, 11) is 3.05. The molecule has 1 aliphatic rings. The summed E-state index contributed by atoms with van der Waals surface area (Å²) in [5.41, 5.74) is -0.137. The van der Waals surface area contributed by atoms with Gasteiger partial charge in [-0.05, 0) is 30.5 Å². The summed E-state index contributed by atoms with van der Waals surface area (Å²) in [6.45, 7) is 4.28. The summed E-state index contributed by atoms with van der Waals surface area (Å²) in [4.78, 5) is 40.9. The minimum Gasteiger partial charge on any atom is -0.505 e. The van der Waals surface area contributed by atoms with Gasteiger partial charge in [-0.15, -0.1) is 0 Å². The van der Waals surface area contributed by atoms with E-state index in [4.69, 9.17) is 0 Å². The highest BCUT2D eigenvalue weighted by Gasteiger charge is 2.24. The van der Waals surface area contributed by atoms with Crippen LogP contribution < -0.4 is 21.8 Å². The van der Waals surface area contributed by atoms with Crippen molar-refractivity contribution >= 4 is 23.0 Å². The Morgan fingerprint density at radius 3 is 2.38 bits per heavy atom. The molecule has 1 aromatic heterocycles. The maximum Gasteiger partial charge on any atom is 0.291 e. The van der Waals surface area contributed by atoms with Crippen LogP contribution in [0.4, 0.5) is 17.1 Å². The smallest absolute Gasteiger partial charge is 0.291 e. The molecule has 0 saturated heterocycles. The molecule has 0 bridgehead atoms. The average Bonchev–Trinajstić information content (AvgIpc) is 2.97. The van der Waals surface area contributed by atoms with Crippen molar-refractivity contribution in [3.8, 4) is 11.8 Å². The number of benzene rings is 2. The Balaban J connectivity index is 0.00000205. The predicted molar refractivity (Wildman–Crippen MR) is 153 cm³/mol. The van der Waals surface area contributed by atoms with Gasteiger partial charge in [-0.2, -0.15) is 5.26 Å². The van der Waals surface area contributed by atoms with Crippen molar-refractivity contribution < 1.29 is 9.90 Å². The van der Waals surface area contributed by atoms with E-state index in [0.29, 0.717) is 0 Å². The van der Waals surface area contributed by atoms with E-state index >= 15 is 0 Å². The molecule has 0 unspecified atom stereocenters. The Bertz CT molecular complexity index is 1450. The summed E-state index contributed by atoms with van der Waals surface area (Å²) in [5.74, 6) is -0.929. The van der Waals surface area contributed by atoms with Gasteiger partial charge in [0.2, 0.25) is 0 Å². The van der Waals surface area contributed by atoms with Gasteiger partial charge in [0.1, 0.15) is 11.4 Å². The van der Waals surface area contributed by atoms with Crippen LogP contribution in [0.3, 0.4) is 0 Å². The van der Waals surface area contributed by atoms with Gasteiger partial charge in [-0.25, -0.2) is 4.68 Å². The number of aromatic hydroxyl groups is 1. The lowest BCUT2D eigenvalue weighted by atomic mass is 9.95. The van der Waals surface area contributed by atoms with E-state index in [-0.39, 0.29) is 40.8 Å². The second-order valence-electron chi connectivity index (χ2n) is 9.35. The first-order valence-corrected chi connectivity index (χ1v) is 13.2. The van der Waals surface area contributed by atoms with Gasteiger partial charge < -0.3 is 20.6 Å². The van der Waals surface area contributed by atoms with Gasteiger partial charge in [0.05, 0.1) is 28.9 Å². The molecule has 0 spiro atoms. The van der Waals surface area contributed by atoms with E-state index < -0.39 is 22.8 Å². The fourth-order valence-electron chi connectivity index (χ4n) is 4.56. The average molecular weight is 533 g/mol. The van der Waals surface area contributed by atoms with E-state index in [9.17, 15) is 24.8 Å². The summed E-state index contributed by atoms with van der Waals surface area (Å²) in [6, 6.07) is 13.9. The van der Waals surface area contributed by atoms with Crippen molar-refractivity contribution in [1.29, 1.82) is 5.26 Å². The maximum atomic E-state index is 13.7. The molecule has 206 valence electrons. The Morgan fingerprint density at radius 2 is 1.77 bits per heavy atom. The number of hydrogen-bond donors (Lipinski definition) is 4. The van der Waals surface area contributed by atoms with Gasteiger partial charge >= 0.3 is 0 Å². The highest BCUT2D eigenvalue weighted by atomic mass is 16.3. The van der Waals surface area contributed by atoms with Gasteiger partial charge in [0, 0.05) is 20.6 Å². The molecular weight excluding hydrogens is 496 g/mol. The van der Waals surface area contributed by atoms with Crippen molar-refractivity contribution in [2.24, 2.45) is 0 Å². The van der Waals surface area contributed by atoms with Gasteiger partial charge in [0.25, 0.3) is 17.0 Å². The minimum atomic E-state index is -0.509. The number of nitrogens with one attached hydrogen (secondary N) is 3.